The van der Waals surface area contributed by atoms with E-state index in [1.54, 1.807) is 0 Å². The molecule has 0 bridgehead atoms. The summed E-state index contributed by atoms with van der Waals surface area (Å²) in [5.74, 6) is 0.116. The Hall–Kier alpha value is -1.51. The Morgan fingerprint density at radius 1 is 1.15 bits per heavy atom. The van der Waals surface area contributed by atoms with Crippen LogP contribution in [0.3, 0.4) is 0 Å². The van der Waals surface area contributed by atoms with Crippen LogP contribution in [0.4, 0.5) is 5.69 Å². The second-order valence-electron chi connectivity index (χ2n) is 5.56. The van der Waals surface area contributed by atoms with Crippen molar-refractivity contribution in [3.63, 3.8) is 0 Å². The topological polar surface area (TPSA) is 41.1 Å². The van der Waals surface area contributed by atoms with Crippen molar-refractivity contribution in [1.82, 2.24) is 5.32 Å². The highest BCUT2D eigenvalue weighted by atomic mass is 16.1. The first kappa shape index (κ1) is 14.9. The molecule has 20 heavy (non-hydrogen) atoms. The lowest BCUT2D eigenvalue weighted by Crippen LogP contribution is -2.36. The quantitative estimate of drug-likeness (QED) is 0.836. The molecule has 0 aromatic heterocycles. The molecule has 0 unspecified atom stereocenters. The number of carbonyl (C=O) groups excluding carboxylic acids is 1. The van der Waals surface area contributed by atoms with E-state index >= 15 is 0 Å². The molecular weight excluding hydrogens is 248 g/mol. The fraction of sp³-hybridized carbons (Fsp3) is 0.588. The van der Waals surface area contributed by atoms with Crippen LogP contribution in [-0.2, 0) is 17.6 Å². The minimum absolute atomic E-state index is 0.116. The summed E-state index contributed by atoms with van der Waals surface area (Å²) < 4.78 is 0. The van der Waals surface area contributed by atoms with Gasteiger partial charge in [-0.15, -0.1) is 0 Å². The normalized spacial score (nSPS) is 15.3. The molecule has 1 amide bonds. The second kappa shape index (κ2) is 7.32. The zero-order valence-electron chi connectivity index (χ0n) is 12.7. The van der Waals surface area contributed by atoms with Gasteiger partial charge in [0.15, 0.2) is 0 Å². The molecular formula is C17H26N2O. The van der Waals surface area contributed by atoms with Gasteiger partial charge in [-0.05, 0) is 36.8 Å². The van der Waals surface area contributed by atoms with E-state index in [0.29, 0.717) is 12.6 Å². The van der Waals surface area contributed by atoms with Gasteiger partial charge in [0.25, 0.3) is 0 Å². The average Bonchev–Trinajstić information content (AvgIpc) is 2.97. The molecule has 1 fully saturated rings. The number of para-hydroxylation sites is 1. The van der Waals surface area contributed by atoms with Crippen molar-refractivity contribution in [3.8, 4) is 0 Å². The third-order valence-electron chi connectivity index (χ3n) is 4.14. The van der Waals surface area contributed by atoms with E-state index < -0.39 is 0 Å². The van der Waals surface area contributed by atoms with Gasteiger partial charge in [0.2, 0.25) is 5.91 Å². The van der Waals surface area contributed by atoms with Gasteiger partial charge in [0.1, 0.15) is 0 Å². The van der Waals surface area contributed by atoms with Gasteiger partial charge in [-0.2, -0.15) is 0 Å². The monoisotopic (exact) mass is 274 g/mol. The standard InChI is InChI=1S/C17H26N2O/c1-3-13-8-7-9-14(4-2)17(13)18-12-16(20)19-15-10-5-6-11-15/h7-9,15,18H,3-6,10-12H2,1-2H3,(H,19,20). The predicted octanol–water partition coefficient (Wildman–Crippen LogP) is 3.28. The molecule has 1 aliphatic rings. The van der Waals surface area contributed by atoms with Crippen LogP contribution in [-0.4, -0.2) is 18.5 Å². The molecule has 1 aliphatic carbocycles. The molecule has 1 aromatic rings. The SMILES string of the molecule is CCc1cccc(CC)c1NCC(=O)NC1CCCC1. The van der Waals surface area contributed by atoms with Crippen LogP contribution in [0.25, 0.3) is 0 Å². The van der Waals surface area contributed by atoms with E-state index in [1.165, 1.54) is 24.0 Å². The molecule has 0 atom stereocenters. The minimum Gasteiger partial charge on any atom is -0.376 e. The van der Waals surface area contributed by atoms with Crippen molar-refractivity contribution in [2.24, 2.45) is 0 Å². The zero-order valence-corrected chi connectivity index (χ0v) is 12.7. The largest absolute Gasteiger partial charge is 0.376 e. The summed E-state index contributed by atoms with van der Waals surface area (Å²) in [6.07, 6.45) is 6.74. The first-order valence-electron chi connectivity index (χ1n) is 7.88. The van der Waals surface area contributed by atoms with Crippen LogP contribution in [0.15, 0.2) is 18.2 Å². The molecule has 1 aromatic carbocycles. The number of amides is 1. The van der Waals surface area contributed by atoms with E-state index in [1.807, 2.05) is 0 Å². The summed E-state index contributed by atoms with van der Waals surface area (Å²) in [5, 5.41) is 6.47. The average molecular weight is 274 g/mol. The maximum absolute atomic E-state index is 12.0. The van der Waals surface area contributed by atoms with Gasteiger partial charge in [-0.3, -0.25) is 4.79 Å². The third-order valence-corrected chi connectivity index (χ3v) is 4.14. The summed E-state index contributed by atoms with van der Waals surface area (Å²) >= 11 is 0. The number of nitrogens with one attached hydrogen (secondary N) is 2. The predicted molar refractivity (Wildman–Crippen MR) is 84.1 cm³/mol. The van der Waals surface area contributed by atoms with Crippen molar-refractivity contribution in [2.45, 2.75) is 58.4 Å². The van der Waals surface area contributed by atoms with Crippen LogP contribution >= 0.6 is 0 Å². The lowest BCUT2D eigenvalue weighted by molar-refractivity contribution is -0.120. The van der Waals surface area contributed by atoms with Gasteiger partial charge < -0.3 is 10.6 Å². The highest BCUT2D eigenvalue weighted by Gasteiger charge is 2.17. The molecule has 2 rings (SSSR count). The number of rotatable bonds is 6. The van der Waals surface area contributed by atoms with Crippen LogP contribution in [0.5, 0.6) is 0 Å². The number of hydrogen-bond acceptors (Lipinski definition) is 2. The smallest absolute Gasteiger partial charge is 0.239 e. The summed E-state index contributed by atoms with van der Waals surface area (Å²) in [5.41, 5.74) is 3.73. The molecule has 3 heteroatoms. The highest BCUT2D eigenvalue weighted by Crippen LogP contribution is 2.22. The van der Waals surface area contributed by atoms with Crippen molar-refractivity contribution in [2.75, 3.05) is 11.9 Å². The van der Waals surface area contributed by atoms with E-state index in [-0.39, 0.29) is 5.91 Å². The number of anilines is 1. The van der Waals surface area contributed by atoms with Gasteiger partial charge in [-0.1, -0.05) is 44.9 Å². The summed E-state index contributed by atoms with van der Waals surface area (Å²) in [4.78, 5) is 12.0. The Balaban J connectivity index is 1.93. The molecule has 110 valence electrons. The van der Waals surface area contributed by atoms with Gasteiger partial charge >= 0.3 is 0 Å². The van der Waals surface area contributed by atoms with Crippen LogP contribution in [0.1, 0.15) is 50.7 Å². The summed E-state index contributed by atoms with van der Waals surface area (Å²) in [7, 11) is 0. The molecule has 0 heterocycles. The fourth-order valence-electron chi connectivity index (χ4n) is 2.99. The van der Waals surface area contributed by atoms with E-state index in [4.69, 9.17) is 0 Å². The number of carbonyl (C=O) groups is 1. The first-order chi connectivity index (χ1) is 9.74. The van der Waals surface area contributed by atoms with Gasteiger partial charge in [0.05, 0.1) is 6.54 Å². The molecule has 0 radical (unpaired) electrons. The lowest BCUT2D eigenvalue weighted by atomic mass is 10.0. The molecule has 0 aliphatic heterocycles. The molecule has 2 N–H and O–H groups in total. The number of aryl methyl sites for hydroxylation is 2. The van der Waals surface area contributed by atoms with E-state index in [0.717, 1.165) is 31.4 Å². The second-order valence-corrected chi connectivity index (χ2v) is 5.56. The first-order valence-corrected chi connectivity index (χ1v) is 7.88. The van der Waals surface area contributed by atoms with Gasteiger partial charge in [0, 0.05) is 11.7 Å². The number of benzene rings is 1. The van der Waals surface area contributed by atoms with Crippen molar-refractivity contribution >= 4 is 11.6 Å². The van der Waals surface area contributed by atoms with E-state index in [9.17, 15) is 4.79 Å². The molecule has 3 nitrogen and oxygen atoms in total. The van der Waals surface area contributed by atoms with E-state index in [2.05, 4.69) is 42.7 Å². The maximum Gasteiger partial charge on any atom is 0.239 e. The zero-order chi connectivity index (χ0) is 14.4. The van der Waals surface area contributed by atoms with Crippen molar-refractivity contribution < 1.29 is 4.79 Å². The highest BCUT2D eigenvalue weighted by molar-refractivity contribution is 5.81. The Labute approximate surface area is 122 Å². The lowest BCUT2D eigenvalue weighted by Gasteiger charge is -2.17. The van der Waals surface area contributed by atoms with Crippen molar-refractivity contribution in [1.29, 1.82) is 0 Å². The van der Waals surface area contributed by atoms with Crippen molar-refractivity contribution in [3.05, 3.63) is 29.3 Å². The summed E-state index contributed by atoms with van der Waals surface area (Å²) in [6, 6.07) is 6.77. The molecule has 1 saturated carbocycles. The minimum atomic E-state index is 0.116. The Bertz CT molecular complexity index is 428. The number of hydrogen-bond donors (Lipinski definition) is 2. The maximum atomic E-state index is 12.0. The van der Waals surface area contributed by atoms with Crippen LogP contribution in [0, 0.1) is 0 Å². The Morgan fingerprint density at radius 3 is 2.30 bits per heavy atom. The third kappa shape index (κ3) is 3.75. The van der Waals surface area contributed by atoms with Gasteiger partial charge in [-0.25, -0.2) is 0 Å². The Morgan fingerprint density at radius 2 is 1.75 bits per heavy atom. The van der Waals surface area contributed by atoms with Crippen LogP contribution in [0.2, 0.25) is 0 Å². The molecule has 0 saturated heterocycles. The fourth-order valence-corrected chi connectivity index (χ4v) is 2.99. The summed E-state index contributed by atoms with van der Waals surface area (Å²) in [6.45, 7) is 4.68. The Kier molecular flexibility index (Phi) is 5.45. The molecule has 0 spiro atoms. The van der Waals surface area contributed by atoms with Crippen LogP contribution < -0.4 is 10.6 Å².